The second kappa shape index (κ2) is 5.19. The molecular formula is C15H23N5. The van der Waals surface area contributed by atoms with Gasteiger partial charge in [-0.25, -0.2) is 4.98 Å². The molecule has 0 radical (unpaired) electrons. The highest BCUT2D eigenvalue weighted by atomic mass is 15.2. The summed E-state index contributed by atoms with van der Waals surface area (Å²) in [6.45, 7) is 0.846. The summed E-state index contributed by atoms with van der Waals surface area (Å²) in [5.74, 6) is 1.08. The Hall–Kier alpha value is -1.38. The van der Waals surface area contributed by atoms with Crippen molar-refractivity contribution < 1.29 is 0 Å². The number of aryl methyl sites for hydroxylation is 1. The number of hydrogen-bond donors (Lipinski definition) is 1. The third kappa shape index (κ3) is 2.72. The quantitative estimate of drug-likeness (QED) is 0.881. The van der Waals surface area contributed by atoms with Gasteiger partial charge in [0.1, 0.15) is 11.4 Å². The molecule has 2 atom stereocenters. The zero-order valence-electron chi connectivity index (χ0n) is 12.3. The first kappa shape index (κ1) is 13.6. The fraction of sp³-hybridized carbons (Fsp3) is 0.733. The fourth-order valence-corrected chi connectivity index (χ4v) is 3.18. The molecule has 1 aromatic heterocycles. The summed E-state index contributed by atoms with van der Waals surface area (Å²) in [6, 6.07) is 3.61. The number of imidazole rings is 1. The molecule has 1 aromatic rings. The Morgan fingerprint density at radius 2 is 2.35 bits per heavy atom. The predicted octanol–water partition coefficient (Wildman–Crippen LogP) is 1.42. The van der Waals surface area contributed by atoms with Gasteiger partial charge in [-0.1, -0.05) is 0 Å². The molecule has 5 nitrogen and oxygen atoms in total. The Morgan fingerprint density at radius 1 is 1.55 bits per heavy atom. The second-order valence-electron chi connectivity index (χ2n) is 6.38. The van der Waals surface area contributed by atoms with Crippen molar-refractivity contribution in [2.45, 2.75) is 56.3 Å². The maximum Gasteiger partial charge on any atom is 0.122 e. The summed E-state index contributed by atoms with van der Waals surface area (Å²) >= 11 is 0. The molecule has 2 fully saturated rings. The maximum atomic E-state index is 9.55. The summed E-state index contributed by atoms with van der Waals surface area (Å²) in [4.78, 5) is 6.73. The third-order valence-corrected chi connectivity index (χ3v) is 4.70. The van der Waals surface area contributed by atoms with E-state index in [0.717, 1.165) is 31.6 Å². The highest BCUT2D eigenvalue weighted by Crippen LogP contribution is 2.35. The van der Waals surface area contributed by atoms with Crippen LogP contribution in [0.2, 0.25) is 0 Å². The van der Waals surface area contributed by atoms with Crippen LogP contribution < -0.4 is 5.32 Å². The largest absolute Gasteiger partial charge is 0.337 e. The normalized spacial score (nSPS) is 29.8. The van der Waals surface area contributed by atoms with Gasteiger partial charge < -0.3 is 4.57 Å². The van der Waals surface area contributed by atoms with Crippen molar-refractivity contribution in [1.29, 1.82) is 5.26 Å². The lowest BCUT2D eigenvalue weighted by Gasteiger charge is -2.27. The molecule has 108 valence electrons. The van der Waals surface area contributed by atoms with E-state index in [4.69, 9.17) is 0 Å². The molecule has 0 aliphatic heterocycles. The van der Waals surface area contributed by atoms with Crippen LogP contribution in [-0.4, -0.2) is 39.1 Å². The molecule has 2 aliphatic carbocycles. The predicted molar refractivity (Wildman–Crippen MR) is 76.8 cm³/mol. The molecule has 0 aromatic carbocycles. The van der Waals surface area contributed by atoms with Crippen LogP contribution in [0.3, 0.4) is 0 Å². The number of nitrogens with one attached hydrogen (secondary N) is 1. The molecule has 0 saturated heterocycles. The van der Waals surface area contributed by atoms with E-state index >= 15 is 0 Å². The topological polar surface area (TPSA) is 56.9 Å². The molecule has 0 amide bonds. The van der Waals surface area contributed by atoms with Gasteiger partial charge in [-0.3, -0.25) is 10.2 Å². The van der Waals surface area contributed by atoms with Gasteiger partial charge in [0.15, 0.2) is 0 Å². The minimum Gasteiger partial charge on any atom is -0.337 e. The minimum atomic E-state index is -0.290. The summed E-state index contributed by atoms with van der Waals surface area (Å²) < 4.78 is 2.06. The monoisotopic (exact) mass is 273 g/mol. The summed E-state index contributed by atoms with van der Waals surface area (Å²) in [5.41, 5.74) is -0.290. The first-order valence-corrected chi connectivity index (χ1v) is 7.47. The van der Waals surface area contributed by atoms with Crippen molar-refractivity contribution in [3.05, 3.63) is 18.2 Å². The van der Waals surface area contributed by atoms with Crippen molar-refractivity contribution in [3.8, 4) is 6.07 Å². The van der Waals surface area contributed by atoms with Crippen molar-refractivity contribution in [3.63, 3.8) is 0 Å². The van der Waals surface area contributed by atoms with Gasteiger partial charge in [0.05, 0.1) is 12.6 Å². The lowest BCUT2D eigenvalue weighted by atomic mass is 9.99. The van der Waals surface area contributed by atoms with Gasteiger partial charge in [0.25, 0.3) is 0 Å². The van der Waals surface area contributed by atoms with E-state index in [0.29, 0.717) is 12.1 Å². The van der Waals surface area contributed by atoms with Gasteiger partial charge in [-0.15, -0.1) is 0 Å². The molecule has 2 saturated carbocycles. The first-order chi connectivity index (χ1) is 9.62. The van der Waals surface area contributed by atoms with Crippen LogP contribution in [0.1, 0.15) is 37.9 Å². The van der Waals surface area contributed by atoms with E-state index in [1.165, 1.54) is 12.8 Å². The second-order valence-corrected chi connectivity index (χ2v) is 6.38. The number of rotatable bonds is 5. The van der Waals surface area contributed by atoms with Crippen molar-refractivity contribution in [2.75, 3.05) is 7.05 Å². The third-order valence-electron chi connectivity index (χ3n) is 4.70. The molecule has 2 aliphatic rings. The SMILES string of the molecule is CN(Cc1nccn1C)C1CCC(C#N)(NC2CC2)C1. The average Bonchev–Trinajstić information content (AvgIpc) is 2.99. The van der Waals surface area contributed by atoms with E-state index in [-0.39, 0.29) is 5.54 Å². The van der Waals surface area contributed by atoms with E-state index in [2.05, 4.69) is 32.9 Å². The van der Waals surface area contributed by atoms with Gasteiger partial charge in [-0.2, -0.15) is 5.26 Å². The van der Waals surface area contributed by atoms with Gasteiger partial charge in [0.2, 0.25) is 0 Å². The molecule has 0 bridgehead atoms. The minimum absolute atomic E-state index is 0.290. The van der Waals surface area contributed by atoms with Crippen molar-refractivity contribution in [2.24, 2.45) is 7.05 Å². The van der Waals surface area contributed by atoms with Crippen molar-refractivity contribution in [1.82, 2.24) is 19.8 Å². The summed E-state index contributed by atoms with van der Waals surface area (Å²) in [6.07, 6.45) is 9.28. The zero-order chi connectivity index (χ0) is 14.2. The Labute approximate surface area is 120 Å². The molecule has 3 rings (SSSR count). The van der Waals surface area contributed by atoms with Gasteiger partial charge >= 0.3 is 0 Å². The Bertz CT molecular complexity index is 513. The van der Waals surface area contributed by atoms with Crippen LogP contribution in [-0.2, 0) is 13.6 Å². The Balaban J connectivity index is 1.61. The number of nitrogens with zero attached hydrogens (tertiary/aromatic N) is 4. The number of hydrogen-bond acceptors (Lipinski definition) is 4. The van der Waals surface area contributed by atoms with Crippen LogP contribution in [0.4, 0.5) is 0 Å². The van der Waals surface area contributed by atoms with E-state index < -0.39 is 0 Å². The maximum absolute atomic E-state index is 9.55. The lowest BCUT2D eigenvalue weighted by molar-refractivity contribution is 0.221. The first-order valence-electron chi connectivity index (χ1n) is 7.47. The van der Waals surface area contributed by atoms with Gasteiger partial charge in [0, 0.05) is 31.5 Å². The fourth-order valence-electron chi connectivity index (χ4n) is 3.18. The Morgan fingerprint density at radius 3 is 2.95 bits per heavy atom. The van der Waals surface area contributed by atoms with E-state index in [1.807, 2.05) is 19.4 Å². The van der Waals surface area contributed by atoms with Crippen LogP contribution in [0.15, 0.2) is 12.4 Å². The van der Waals surface area contributed by atoms with Crippen LogP contribution in [0.5, 0.6) is 0 Å². The van der Waals surface area contributed by atoms with Crippen LogP contribution >= 0.6 is 0 Å². The summed E-state index contributed by atoms with van der Waals surface area (Å²) in [5, 5.41) is 13.1. The zero-order valence-corrected chi connectivity index (χ0v) is 12.3. The lowest BCUT2D eigenvalue weighted by Crippen LogP contribution is -2.44. The molecule has 1 heterocycles. The molecular weight excluding hydrogens is 250 g/mol. The van der Waals surface area contributed by atoms with Crippen molar-refractivity contribution >= 4 is 0 Å². The Kier molecular flexibility index (Phi) is 3.53. The van der Waals surface area contributed by atoms with E-state index in [1.54, 1.807) is 0 Å². The average molecular weight is 273 g/mol. The van der Waals surface area contributed by atoms with Crippen LogP contribution in [0.25, 0.3) is 0 Å². The number of nitriles is 1. The van der Waals surface area contributed by atoms with E-state index in [9.17, 15) is 5.26 Å². The summed E-state index contributed by atoms with van der Waals surface area (Å²) in [7, 11) is 4.17. The van der Waals surface area contributed by atoms with Gasteiger partial charge in [-0.05, 0) is 39.2 Å². The molecule has 5 heteroatoms. The molecule has 1 N–H and O–H groups in total. The highest BCUT2D eigenvalue weighted by molar-refractivity contribution is 5.15. The molecule has 2 unspecified atom stereocenters. The standard InChI is InChI=1S/C15H23N5/c1-19-8-7-17-14(19)10-20(2)13-5-6-15(9-13,11-16)18-12-3-4-12/h7-8,12-13,18H,3-6,9-10H2,1-2H3. The number of aromatic nitrogens is 2. The van der Waals surface area contributed by atoms with Crippen LogP contribution in [0, 0.1) is 11.3 Å². The molecule has 20 heavy (non-hydrogen) atoms. The highest BCUT2D eigenvalue weighted by Gasteiger charge is 2.43. The molecule has 0 spiro atoms. The smallest absolute Gasteiger partial charge is 0.122 e.